The van der Waals surface area contributed by atoms with Gasteiger partial charge >= 0.3 is 5.97 Å². The van der Waals surface area contributed by atoms with Gasteiger partial charge in [-0.1, -0.05) is 6.07 Å². The zero-order valence-electron chi connectivity index (χ0n) is 9.10. The van der Waals surface area contributed by atoms with Gasteiger partial charge in [0.1, 0.15) is 5.82 Å². The minimum Gasteiger partial charge on any atom is -0.481 e. The van der Waals surface area contributed by atoms with Crippen LogP contribution in [-0.2, 0) is 14.8 Å². The number of carbonyl (C=O) groups is 1. The van der Waals surface area contributed by atoms with E-state index in [1.807, 2.05) is 4.72 Å². The fourth-order valence-electron chi connectivity index (χ4n) is 1.16. The summed E-state index contributed by atoms with van der Waals surface area (Å²) < 4.78 is 38.1. The first-order valence-corrected chi connectivity index (χ1v) is 6.44. The summed E-state index contributed by atoms with van der Waals surface area (Å²) in [6.45, 7) is 1.69. The molecule has 0 aliphatic rings. The molecule has 0 saturated carbocycles. The van der Waals surface area contributed by atoms with Gasteiger partial charge in [0.15, 0.2) is 0 Å². The topological polar surface area (TPSA) is 83.5 Å². The van der Waals surface area contributed by atoms with Crippen LogP contribution in [0.3, 0.4) is 0 Å². The standard InChI is InChI=1S/C10H12FNO4S/c1-7-2-3-8(11)9(6-7)12-17(15,16)5-4-10(13)14/h2-3,6,12H,4-5H2,1H3,(H,13,14). The Morgan fingerprint density at radius 3 is 2.71 bits per heavy atom. The third-order valence-corrected chi connectivity index (χ3v) is 3.24. The van der Waals surface area contributed by atoms with Crippen molar-refractivity contribution in [3.8, 4) is 0 Å². The number of nitrogens with one attached hydrogen (secondary N) is 1. The molecule has 0 aliphatic heterocycles. The van der Waals surface area contributed by atoms with Crippen LogP contribution in [0.5, 0.6) is 0 Å². The van der Waals surface area contributed by atoms with E-state index >= 15 is 0 Å². The van der Waals surface area contributed by atoms with Crippen LogP contribution in [0.15, 0.2) is 18.2 Å². The third kappa shape index (κ3) is 4.39. The second kappa shape index (κ2) is 5.13. The summed E-state index contributed by atoms with van der Waals surface area (Å²) in [7, 11) is -3.84. The Bertz CT molecular complexity index is 527. The first-order valence-electron chi connectivity index (χ1n) is 4.78. The van der Waals surface area contributed by atoms with E-state index in [1.54, 1.807) is 6.92 Å². The van der Waals surface area contributed by atoms with E-state index in [2.05, 4.69) is 0 Å². The number of aryl methyl sites for hydroxylation is 1. The van der Waals surface area contributed by atoms with Crippen molar-refractivity contribution >= 4 is 21.7 Å². The van der Waals surface area contributed by atoms with Gasteiger partial charge in [0.05, 0.1) is 17.9 Å². The number of hydrogen-bond donors (Lipinski definition) is 2. The van der Waals surface area contributed by atoms with E-state index in [0.29, 0.717) is 5.56 Å². The normalized spacial score (nSPS) is 11.2. The van der Waals surface area contributed by atoms with Gasteiger partial charge in [-0.3, -0.25) is 9.52 Å². The summed E-state index contributed by atoms with van der Waals surface area (Å²) in [5, 5.41) is 8.38. The Balaban J connectivity index is 2.83. The molecule has 0 radical (unpaired) electrons. The second-order valence-electron chi connectivity index (χ2n) is 3.55. The molecule has 0 heterocycles. The highest BCUT2D eigenvalue weighted by Gasteiger charge is 2.15. The van der Waals surface area contributed by atoms with Crippen molar-refractivity contribution in [1.29, 1.82) is 0 Å². The quantitative estimate of drug-likeness (QED) is 0.838. The summed E-state index contributed by atoms with van der Waals surface area (Å²) in [4.78, 5) is 10.3. The van der Waals surface area contributed by atoms with E-state index in [1.165, 1.54) is 12.1 Å². The van der Waals surface area contributed by atoms with Crippen molar-refractivity contribution in [3.05, 3.63) is 29.6 Å². The molecule has 0 atom stereocenters. The summed E-state index contributed by atoms with van der Waals surface area (Å²) in [6, 6.07) is 3.99. The highest BCUT2D eigenvalue weighted by molar-refractivity contribution is 7.92. The van der Waals surface area contributed by atoms with Gasteiger partial charge in [0.2, 0.25) is 10.0 Å². The predicted molar refractivity (Wildman–Crippen MR) is 60.8 cm³/mol. The van der Waals surface area contributed by atoms with Gasteiger partial charge in [0, 0.05) is 0 Å². The first kappa shape index (κ1) is 13.4. The van der Waals surface area contributed by atoms with Gasteiger partial charge < -0.3 is 5.11 Å². The molecule has 0 spiro atoms. The monoisotopic (exact) mass is 261 g/mol. The van der Waals surface area contributed by atoms with Crippen LogP contribution in [0, 0.1) is 12.7 Å². The van der Waals surface area contributed by atoms with Gasteiger partial charge in [-0.05, 0) is 24.6 Å². The van der Waals surface area contributed by atoms with Crippen molar-refractivity contribution in [2.24, 2.45) is 0 Å². The fraction of sp³-hybridized carbons (Fsp3) is 0.300. The molecule has 1 aromatic rings. The average Bonchev–Trinajstić information content (AvgIpc) is 2.20. The SMILES string of the molecule is Cc1ccc(F)c(NS(=O)(=O)CCC(=O)O)c1. The van der Waals surface area contributed by atoms with Crippen LogP contribution in [0.2, 0.25) is 0 Å². The van der Waals surface area contributed by atoms with E-state index < -0.39 is 34.0 Å². The molecular weight excluding hydrogens is 249 g/mol. The number of sulfonamides is 1. The summed E-state index contributed by atoms with van der Waals surface area (Å²) >= 11 is 0. The minimum absolute atomic E-state index is 0.171. The molecule has 0 fully saturated rings. The molecule has 7 heteroatoms. The van der Waals surface area contributed by atoms with Crippen LogP contribution in [0.1, 0.15) is 12.0 Å². The van der Waals surface area contributed by atoms with Gasteiger partial charge in [-0.25, -0.2) is 12.8 Å². The number of rotatable bonds is 5. The van der Waals surface area contributed by atoms with Crippen molar-refractivity contribution in [2.45, 2.75) is 13.3 Å². The Labute approximate surface area is 98.3 Å². The molecule has 94 valence electrons. The lowest BCUT2D eigenvalue weighted by molar-refractivity contribution is -0.136. The number of carboxylic acids is 1. The molecule has 0 unspecified atom stereocenters. The number of halogens is 1. The fourth-order valence-corrected chi connectivity index (χ4v) is 2.19. The average molecular weight is 261 g/mol. The van der Waals surface area contributed by atoms with Crippen LogP contribution in [0.4, 0.5) is 10.1 Å². The van der Waals surface area contributed by atoms with E-state index in [9.17, 15) is 17.6 Å². The lowest BCUT2D eigenvalue weighted by Gasteiger charge is -2.08. The molecule has 0 aromatic heterocycles. The third-order valence-electron chi connectivity index (χ3n) is 1.97. The van der Waals surface area contributed by atoms with E-state index in [0.717, 1.165) is 6.07 Å². The van der Waals surface area contributed by atoms with Gasteiger partial charge in [-0.2, -0.15) is 0 Å². The van der Waals surface area contributed by atoms with Crippen molar-refractivity contribution < 1.29 is 22.7 Å². The van der Waals surface area contributed by atoms with Crippen LogP contribution >= 0.6 is 0 Å². The molecule has 2 N–H and O–H groups in total. The van der Waals surface area contributed by atoms with Crippen molar-refractivity contribution in [3.63, 3.8) is 0 Å². The number of benzene rings is 1. The molecule has 1 rings (SSSR count). The van der Waals surface area contributed by atoms with E-state index in [4.69, 9.17) is 5.11 Å². The second-order valence-corrected chi connectivity index (χ2v) is 5.39. The maximum Gasteiger partial charge on any atom is 0.304 e. The van der Waals surface area contributed by atoms with E-state index in [-0.39, 0.29) is 5.69 Å². The Hall–Kier alpha value is -1.63. The molecule has 0 bridgehead atoms. The summed E-state index contributed by atoms with van der Waals surface area (Å²) in [6.07, 6.45) is -0.525. The molecule has 0 aliphatic carbocycles. The Morgan fingerprint density at radius 1 is 1.47 bits per heavy atom. The highest BCUT2D eigenvalue weighted by atomic mass is 32.2. The zero-order chi connectivity index (χ0) is 13.1. The Morgan fingerprint density at radius 2 is 2.12 bits per heavy atom. The molecule has 17 heavy (non-hydrogen) atoms. The smallest absolute Gasteiger partial charge is 0.304 e. The van der Waals surface area contributed by atoms with Gasteiger partial charge in [-0.15, -0.1) is 0 Å². The largest absolute Gasteiger partial charge is 0.481 e. The molecule has 1 aromatic carbocycles. The maximum absolute atomic E-state index is 13.3. The highest BCUT2D eigenvalue weighted by Crippen LogP contribution is 2.17. The number of anilines is 1. The lowest BCUT2D eigenvalue weighted by Crippen LogP contribution is -2.19. The number of hydrogen-bond acceptors (Lipinski definition) is 3. The van der Waals surface area contributed by atoms with Crippen molar-refractivity contribution in [1.82, 2.24) is 0 Å². The minimum atomic E-state index is -3.84. The predicted octanol–water partition coefficient (Wildman–Crippen LogP) is 1.35. The maximum atomic E-state index is 13.3. The summed E-state index contributed by atoms with van der Waals surface area (Å²) in [5.41, 5.74) is 0.526. The lowest BCUT2D eigenvalue weighted by atomic mass is 10.2. The molecular formula is C10H12FNO4S. The van der Waals surface area contributed by atoms with Gasteiger partial charge in [0.25, 0.3) is 0 Å². The number of aliphatic carboxylic acids is 1. The number of carboxylic acid groups (broad SMARTS) is 1. The molecule has 0 amide bonds. The van der Waals surface area contributed by atoms with Crippen LogP contribution in [0.25, 0.3) is 0 Å². The van der Waals surface area contributed by atoms with Crippen LogP contribution in [-0.4, -0.2) is 25.2 Å². The molecule has 0 saturated heterocycles. The summed E-state index contributed by atoms with van der Waals surface area (Å²) in [5.74, 6) is -2.51. The van der Waals surface area contributed by atoms with Crippen LogP contribution < -0.4 is 4.72 Å². The zero-order valence-corrected chi connectivity index (χ0v) is 9.92. The van der Waals surface area contributed by atoms with Crippen molar-refractivity contribution in [2.75, 3.05) is 10.5 Å². The first-order chi connectivity index (χ1) is 7.80. The Kier molecular flexibility index (Phi) is 4.06. The molecule has 5 nitrogen and oxygen atoms in total.